The third kappa shape index (κ3) is 2.68. The summed E-state index contributed by atoms with van der Waals surface area (Å²) >= 11 is 0. The van der Waals surface area contributed by atoms with Crippen molar-refractivity contribution in [1.82, 2.24) is 20.5 Å². The van der Waals surface area contributed by atoms with E-state index < -0.39 is 0 Å². The lowest BCUT2D eigenvalue weighted by atomic mass is 9.77. The Morgan fingerprint density at radius 1 is 1.38 bits per heavy atom. The second-order valence-electron chi connectivity index (χ2n) is 6.57. The maximum Gasteiger partial charge on any atom is 0.290 e. The summed E-state index contributed by atoms with van der Waals surface area (Å²) in [4.78, 5) is 16.4. The van der Waals surface area contributed by atoms with Crippen LogP contribution >= 0.6 is 0 Å². The Morgan fingerprint density at radius 3 is 2.81 bits per heavy atom. The number of nitrogens with one attached hydrogen (secondary N) is 2. The fraction of sp³-hybridized carbons (Fsp3) is 0.438. The zero-order valence-electron chi connectivity index (χ0n) is 12.6. The average molecular weight is 284 g/mol. The lowest BCUT2D eigenvalue weighted by molar-refractivity contribution is 0.0940. The first-order chi connectivity index (χ1) is 9.95. The van der Waals surface area contributed by atoms with Gasteiger partial charge in [-0.2, -0.15) is 0 Å². The number of carbonyl (C=O) groups is 1. The molecule has 110 valence electrons. The number of amides is 1. The minimum atomic E-state index is -0.217. The molecule has 5 heteroatoms. The molecule has 0 spiro atoms. The van der Waals surface area contributed by atoms with Gasteiger partial charge in [0.2, 0.25) is 5.82 Å². The molecule has 1 amide bonds. The molecule has 1 heterocycles. The Kier molecular flexibility index (Phi) is 3.27. The molecule has 1 unspecified atom stereocenters. The predicted molar refractivity (Wildman–Crippen MR) is 80.3 cm³/mol. The fourth-order valence-electron chi connectivity index (χ4n) is 2.54. The largest absolute Gasteiger partial charge is 0.349 e. The van der Waals surface area contributed by atoms with Crippen molar-refractivity contribution in [1.29, 1.82) is 0 Å². The highest BCUT2D eigenvalue weighted by atomic mass is 16.2. The van der Waals surface area contributed by atoms with Crippen LogP contribution in [-0.4, -0.2) is 27.6 Å². The van der Waals surface area contributed by atoms with Gasteiger partial charge in [-0.25, -0.2) is 4.98 Å². The number of aromatic amines is 1. The van der Waals surface area contributed by atoms with Crippen molar-refractivity contribution in [2.24, 2.45) is 0 Å². The Morgan fingerprint density at radius 2 is 2.14 bits per heavy atom. The van der Waals surface area contributed by atoms with Gasteiger partial charge in [-0.05, 0) is 17.5 Å². The molecule has 0 bridgehead atoms. The van der Waals surface area contributed by atoms with Crippen molar-refractivity contribution in [3.8, 4) is 0 Å². The molecule has 3 rings (SSSR count). The van der Waals surface area contributed by atoms with E-state index in [2.05, 4.69) is 38.7 Å². The molecule has 1 aliphatic rings. The second kappa shape index (κ2) is 4.98. The molecule has 1 atom stereocenters. The van der Waals surface area contributed by atoms with Crippen LogP contribution in [0.15, 0.2) is 24.3 Å². The molecule has 5 nitrogen and oxygen atoms in total. The summed E-state index contributed by atoms with van der Waals surface area (Å²) in [6, 6.07) is 8.35. The van der Waals surface area contributed by atoms with Gasteiger partial charge in [-0.3, -0.25) is 9.89 Å². The monoisotopic (exact) mass is 284 g/mol. The highest BCUT2D eigenvalue weighted by Gasteiger charge is 2.26. The smallest absolute Gasteiger partial charge is 0.290 e. The Balaban J connectivity index is 1.60. The van der Waals surface area contributed by atoms with Crippen LogP contribution in [0.4, 0.5) is 0 Å². The van der Waals surface area contributed by atoms with Crippen LogP contribution < -0.4 is 5.32 Å². The number of aromatic nitrogens is 3. The fourth-order valence-corrected chi connectivity index (χ4v) is 2.54. The summed E-state index contributed by atoms with van der Waals surface area (Å²) in [5.41, 5.74) is 2.58. The molecule has 0 saturated carbocycles. The summed E-state index contributed by atoms with van der Waals surface area (Å²) in [5.74, 6) is 1.13. The van der Waals surface area contributed by atoms with E-state index in [1.54, 1.807) is 0 Å². The average Bonchev–Trinajstić information content (AvgIpc) is 2.89. The molecule has 21 heavy (non-hydrogen) atoms. The zero-order chi connectivity index (χ0) is 15.0. The molecule has 0 aliphatic heterocycles. The van der Waals surface area contributed by atoms with Gasteiger partial charge in [0.15, 0.2) is 0 Å². The normalized spacial score (nSPS) is 17.0. The van der Waals surface area contributed by atoms with E-state index >= 15 is 0 Å². The van der Waals surface area contributed by atoms with E-state index in [9.17, 15) is 4.79 Å². The quantitative estimate of drug-likeness (QED) is 0.907. The number of carbonyl (C=O) groups excluding carboxylic acids is 1. The molecule has 1 aliphatic carbocycles. The zero-order valence-corrected chi connectivity index (χ0v) is 12.6. The van der Waals surface area contributed by atoms with Crippen LogP contribution in [-0.2, 0) is 11.8 Å². The molecule has 0 radical (unpaired) electrons. The van der Waals surface area contributed by atoms with Crippen LogP contribution in [0.1, 0.15) is 54.3 Å². The molecule has 0 fully saturated rings. The van der Waals surface area contributed by atoms with Crippen molar-refractivity contribution in [2.75, 3.05) is 6.54 Å². The maximum absolute atomic E-state index is 12.1. The molecule has 1 aromatic heterocycles. The number of hydrogen-bond acceptors (Lipinski definition) is 3. The van der Waals surface area contributed by atoms with E-state index in [1.807, 2.05) is 26.8 Å². The topological polar surface area (TPSA) is 70.7 Å². The minimum Gasteiger partial charge on any atom is -0.349 e. The molecule has 2 N–H and O–H groups in total. The predicted octanol–water partition coefficient (Wildman–Crippen LogP) is 2.17. The standard InChI is InChI=1S/C16H20N4O/c1-16(2,3)15-18-13(19-20-15)14(21)17-9-11-8-10-6-4-5-7-12(10)11/h4-7,11H,8-9H2,1-3H3,(H,17,21)(H,18,19,20). The molecule has 2 aromatic rings. The minimum absolute atomic E-state index is 0.140. The second-order valence-corrected chi connectivity index (χ2v) is 6.57. The maximum atomic E-state index is 12.1. The van der Waals surface area contributed by atoms with E-state index in [1.165, 1.54) is 11.1 Å². The Labute approximate surface area is 124 Å². The number of fused-ring (bicyclic) bond motifs is 1. The highest BCUT2D eigenvalue weighted by molar-refractivity contribution is 5.90. The van der Waals surface area contributed by atoms with E-state index in [0.29, 0.717) is 12.5 Å². The Bertz CT molecular complexity index is 669. The molecular weight excluding hydrogens is 264 g/mol. The lowest BCUT2D eigenvalue weighted by Gasteiger charge is -2.29. The van der Waals surface area contributed by atoms with Gasteiger partial charge in [-0.15, -0.1) is 5.10 Å². The first-order valence-electron chi connectivity index (χ1n) is 7.24. The van der Waals surface area contributed by atoms with Crippen molar-refractivity contribution < 1.29 is 4.79 Å². The van der Waals surface area contributed by atoms with Gasteiger partial charge in [0, 0.05) is 17.9 Å². The van der Waals surface area contributed by atoms with Crippen molar-refractivity contribution in [2.45, 2.75) is 38.5 Å². The summed E-state index contributed by atoms with van der Waals surface area (Å²) in [6.45, 7) is 6.72. The molecular formula is C16H20N4O. The number of H-pyrrole nitrogens is 1. The van der Waals surface area contributed by atoms with Gasteiger partial charge in [0.05, 0.1) is 0 Å². The van der Waals surface area contributed by atoms with Crippen LogP contribution in [0.25, 0.3) is 0 Å². The number of rotatable bonds is 3. The van der Waals surface area contributed by atoms with E-state index in [-0.39, 0.29) is 17.1 Å². The van der Waals surface area contributed by atoms with Crippen molar-refractivity contribution in [3.63, 3.8) is 0 Å². The van der Waals surface area contributed by atoms with Crippen molar-refractivity contribution in [3.05, 3.63) is 47.0 Å². The van der Waals surface area contributed by atoms with Gasteiger partial charge in [0.1, 0.15) is 5.82 Å². The van der Waals surface area contributed by atoms with Crippen molar-refractivity contribution >= 4 is 5.91 Å². The summed E-state index contributed by atoms with van der Waals surface area (Å²) in [5, 5.41) is 9.76. The summed E-state index contributed by atoms with van der Waals surface area (Å²) in [7, 11) is 0. The van der Waals surface area contributed by atoms with Crippen LogP contribution in [0.5, 0.6) is 0 Å². The number of hydrogen-bond donors (Lipinski definition) is 2. The van der Waals surface area contributed by atoms with E-state index in [0.717, 1.165) is 12.2 Å². The van der Waals surface area contributed by atoms with Gasteiger partial charge in [-0.1, -0.05) is 45.0 Å². The lowest BCUT2D eigenvalue weighted by Crippen LogP contribution is -2.33. The van der Waals surface area contributed by atoms with Crippen LogP contribution in [0, 0.1) is 0 Å². The van der Waals surface area contributed by atoms with E-state index in [4.69, 9.17) is 0 Å². The molecule has 0 saturated heterocycles. The first-order valence-corrected chi connectivity index (χ1v) is 7.24. The first kappa shape index (κ1) is 13.8. The highest BCUT2D eigenvalue weighted by Crippen LogP contribution is 2.33. The summed E-state index contributed by atoms with van der Waals surface area (Å²) in [6.07, 6.45) is 1.03. The SMILES string of the molecule is CC(C)(C)c1nc(C(=O)NCC2Cc3ccccc32)n[nH]1. The Hall–Kier alpha value is -2.17. The third-order valence-corrected chi connectivity index (χ3v) is 3.87. The van der Waals surface area contributed by atoms with Gasteiger partial charge in [0.25, 0.3) is 5.91 Å². The summed E-state index contributed by atoms with van der Waals surface area (Å²) < 4.78 is 0. The van der Waals surface area contributed by atoms with Crippen LogP contribution in [0.3, 0.4) is 0 Å². The molecule has 1 aromatic carbocycles. The number of benzene rings is 1. The van der Waals surface area contributed by atoms with Gasteiger partial charge < -0.3 is 5.32 Å². The third-order valence-electron chi connectivity index (χ3n) is 3.87. The van der Waals surface area contributed by atoms with Gasteiger partial charge >= 0.3 is 0 Å². The van der Waals surface area contributed by atoms with Crippen LogP contribution in [0.2, 0.25) is 0 Å². The number of nitrogens with zero attached hydrogens (tertiary/aromatic N) is 2.